The van der Waals surface area contributed by atoms with Crippen LogP contribution in [0.15, 0.2) is 42.7 Å². The third-order valence-electron chi connectivity index (χ3n) is 6.28. The summed E-state index contributed by atoms with van der Waals surface area (Å²) in [6.45, 7) is 2.66. The van der Waals surface area contributed by atoms with Crippen LogP contribution in [0.4, 0.5) is 5.69 Å². The van der Waals surface area contributed by atoms with Crippen LogP contribution in [0.1, 0.15) is 48.5 Å². The molecule has 4 N–H and O–H groups in total. The van der Waals surface area contributed by atoms with E-state index in [0.29, 0.717) is 18.0 Å². The van der Waals surface area contributed by atoms with Gasteiger partial charge in [0.05, 0.1) is 23.0 Å². The third kappa shape index (κ3) is 4.13. The molecular weight excluding hydrogens is 390 g/mol. The molecule has 0 aliphatic heterocycles. The predicted molar refractivity (Wildman–Crippen MR) is 120 cm³/mol. The topological polar surface area (TPSA) is 102 Å². The zero-order valence-electron chi connectivity index (χ0n) is 17.6. The van der Waals surface area contributed by atoms with E-state index < -0.39 is 5.91 Å². The number of anilines is 1. The van der Waals surface area contributed by atoms with E-state index >= 15 is 0 Å². The summed E-state index contributed by atoms with van der Waals surface area (Å²) in [5.74, 6) is 0.487. The number of hydrogen-bond acceptors (Lipinski definition) is 4. The molecule has 160 valence electrons. The molecule has 3 aromatic rings. The second kappa shape index (κ2) is 7.72. The van der Waals surface area contributed by atoms with Gasteiger partial charge < -0.3 is 16.4 Å². The monoisotopic (exact) mass is 417 g/mol. The van der Waals surface area contributed by atoms with E-state index in [9.17, 15) is 9.59 Å². The number of carbonyl (C=O) groups is 2. The summed E-state index contributed by atoms with van der Waals surface area (Å²) in [5, 5.41) is 10.9. The van der Waals surface area contributed by atoms with Gasteiger partial charge in [-0.15, -0.1) is 0 Å². The molecule has 7 nitrogen and oxygen atoms in total. The van der Waals surface area contributed by atoms with Crippen LogP contribution in [-0.2, 0) is 11.3 Å². The number of rotatable bonds is 8. The van der Waals surface area contributed by atoms with Crippen LogP contribution in [0, 0.1) is 11.8 Å². The van der Waals surface area contributed by atoms with Crippen LogP contribution in [0.5, 0.6) is 0 Å². The number of primary amides is 1. The molecule has 0 unspecified atom stereocenters. The fourth-order valence-electron chi connectivity index (χ4n) is 4.03. The molecule has 31 heavy (non-hydrogen) atoms. The summed E-state index contributed by atoms with van der Waals surface area (Å²) in [5.41, 5.74) is 10.7. The molecular formula is C24H27N5O2. The molecule has 2 fully saturated rings. The Morgan fingerprint density at radius 2 is 2.00 bits per heavy atom. The number of aromatic nitrogens is 2. The second-order valence-electron chi connectivity index (χ2n) is 8.82. The molecule has 0 saturated heterocycles. The number of fused-ring (bicyclic) bond motifs is 1. The summed E-state index contributed by atoms with van der Waals surface area (Å²) < 4.78 is 1.78. The lowest BCUT2D eigenvalue weighted by molar-refractivity contribution is -0.122. The summed E-state index contributed by atoms with van der Waals surface area (Å²) in [7, 11) is 0. The second-order valence-corrected chi connectivity index (χ2v) is 8.82. The van der Waals surface area contributed by atoms with Gasteiger partial charge in [-0.1, -0.05) is 18.2 Å². The highest BCUT2D eigenvalue weighted by atomic mass is 16.2. The van der Waals surface area contributed by atoms with E-state index in [1.165, 1.54) is 19.0 Å². The van der Waals surface area contributed by atoms with E-state index in [0.717, 1.165) is 40.7 Å². The summed E-state index contributed by atoms with van der Waals surface area (Å²) in [6.07, 6.45) is 7.90. The molecule has 2 aromatic heterocycles. The van der Waals surface area contributed by atoms with Crippen molar-refractivity contribution in [3.05, 3.63) is 53.9 Å². The van der Waals surface area contributed by atoms with Crippen LogP contribution in [-0.4, -0.2) is 27.5 Å². The van der Waals surface area contributed by atoms with Gasteiger partial charge in [0.15, 0.2) is 0 Å². The summed E-state index contributed by atoms with van der Waals surface area (Å²) >= 11 is 0. The molecule has 2 heterocycles. The average Bonchev–Trinajstić information content (AvgIpc) is 3.68. The molecule has 0 radical (unpaired) electrons. The van der Waals surface area contributed by atoms with Crippen molar-refractivity contribution in [3.8, 4) is 11.1 Å². The van der Waals surface area contributed by atoms with Gasteiger partial charge in [0.1, 0.15) is 0 Å². The number of hydrogen-bond donors (Lipinski definition) is 3. The number of nitrogens with one attached hydrogen (secondary N) is 2. The van der Waals surface area contributed by atoms with Crippen molar-refractivity contribution < 1.29 is 9.59 Å². The normalized spacial score (nSPS) is 16.8. The summed E-state index contributed by atoms with van der Waals surface area (Å²) in [4.78, 5) is 24.0. The lowest BCUT2D eigenvalue weighted by atomic mass is 10.1. The van der Waals surface area contributed by atoms with Crippen LogP contribution >= 0.6 is 0 Å². The Balaban J connectivity index is 1.45. The Morgan fingerprint density at radius 3 is 2.71 bits per heavy atom. The average molecular weight is 418 g/mol. The Hall–Kier alpha value is -3.35. The number of benzene rings is 1. The molecule has 2 aliphatic carbocycles. The highest BCUT2D eigenvalue weighted by Gasteiger charge is 2.30. The minimum absolute atomic E-state index is 0.142. The van der Waals surface area contributed by atoms with Gasteiger partial charge in [0, 0.05) is 30.3 Å². The van der Waals surface area contributed by atoms with Crippen molar-refractivity contribution in [2.45, 2.75) is 45.2 Å². The first-order chi connectivity index (χ1) is 15.0. The van der Waals surface area contributed by atoms with Crippen molar-refractivity contribution in [2.75, 3.05) is 5.32 Å². The lowest BCUT2D eigenvalue weighted by Crippen LogP contribution is -2.24. The smallest absolute Gasteiger partial charge is 0.252 e. The quantitative estimate of drug-likeness (QED) is 0.523. The Morgan fingerprint density at radius 1 is 1.19 bits per heavy atom. The molecule has 2 amide bonds. The maximum atomic E-state index is 12.0. The van der Waals surface area contributed by atoms with Crippen LogP contribution in [0.25, 0.3) is 16.6 Å². The molecule has 7 heteroatoms. The Kier molecular flexibility index (Phi) is 4.88. The standard InChI is InChI=1S/C24H27N5O2/c1-14(16-5-6-16)28-22-20(23(25)30)12-27-29-13-19(10-21(22)29)18-4-2-3-15(9-18)11-26-24(31)17-7-8-17/h2-4,9-10,12-14,16-17,28H,5-8,11H2,1H3,(H2,25,30)(H,26,31)/t14-/m1/s1. The maximum Gasteiger partial charge on any atom is 0.252 e. The lowest BCUT2D eigenvalue weighted by Gasteiger charge is -2.17. The molecule has 2 aliphatic rings. The fraction of sp³-hybridized carbons (Fsp3) is 0.375. The van der Waals surface area contributed by atoms with Gasteiger partial charge in [-0.25, -0.2) is 4.52 Å². The van der Waals surface area contributed by atoms with Gasteiger partial charge in [0.2, 0.25) is 5.91 Å². The van der Waals surface area contributed by atoms with Gasteiger partial charge in [-0.3, -0.25) is 9.59 Å². The van der Waals surface area contributed by atoms with E-state index in [1.54, 1.807) is 4.52 Å². The summed E-state index contributed by atoms with van der Waals surface area (Å²) in [6, 6.07) is 10.4. The maximum absolute atomic E-state index is 12.0. The van der Waals surface area contributed by atoms with Gasteiger partial charge in [0.25, 0.3) is 5.91 Å². The molecule has 1 atom stereocenters. The van der Waals surface area contributed by atoms with Crippen molar-refractivity contribution in [1.29, 1.82) is 0 Å². The van der Waals surface area contributed by atoms with Crippen molar-refractivity contribution in [3.63, 3.8) is 0 Å². The largest absolute Gasteiger partial charge is 0.380 e. The van der Waals surface area contributed by atoms with E-state index in [1.807, 2.05) is 30.5 Å². The highest BCUT2D eigenvalue weighted by molar-refractivity contribution is 6.02. The molecule has 0 spiro atoms. The van der Waals surface area contributed by atoms with Crippen LogP contribution in [0.2, 0.25) is 0 Å². The number of carbonyl (C=O) groups excluding carboxylic acids is 2. The van der Waals surface area contributed by atoms with Crippen molar-refractivity contribution in [2.24, 2.45) is 17.6 Å². The number of nitrogens with two attached hydrogens (primary N) is 1. The molecule has 2 saturated carbocycles. The highest BCUT2D eigenvalue weighted by Crippen LogP contribution is 2.36. The van der Waals surface area contributed by atoms with Gasteiger partial charge in [-0.2, -0.15) is 5.10 Å². The minimum Gasteiger partial charge on any atom is -0.380 e. The van der Waals surface area contributed by atoms with E-state index in [4.69, 9.17) is 5.73 Å². The molecule has 0 bridgehead atoms. The molecule has 5 rings (SSSR count). The fourth-order valence-corrected chi connectivity index (χ4v) is 4.03. The zero-order valence-corrected chi connectivity index (χ0v) is 17.6. The Labute approximate surface area is 181 Å². The first-order valence-electron chi connectivity index (χ1n) is 10.9. The van der Waals surface area contributed by atoms with Crippen molar-refractivity contribution >= 4 is 23.0 Å². The molecule has 1 aromatic carbocycles. The zero-order chi connectivity index (χ0) is 21.5. The van der Waals surface area contributed by atoms with Crippen LogP contribution < -0.4 is 16.4 Å². The SMILES string of the molecule is C[C@@H](Nc1c(C(N)=O)cnn2cc(-c3cccc(CNC(=O)C4CC4)c3)cc12)C1CC1. The van der Waals surface area contributed by atoms with E-state index in [2.05, 4.69) is 28.7 Å². The minimum atomic E-state index is -0.489. The third-order valence-corrected chi connectivity index (χ3v) is 6.28. The van der Waals surface area contributed by atoms with E-state index in [-0.39, 0.29) is 17.9 Å². The predicted octanol–water partition coefficient (Wildman–Crippen LogP) is 3.34. The number of nitrogens with zero attached hydrogens (tertiary/aromatic N) is 2. The Bertz CT molecular complexity index is 1160. The first-order valence-corrected chi connectivity index (χ1v) is 10.9. The number of amides is 2. The van der Waals surface area contributed by atoms with Gasteiger partial charge >= 0.3 is 0 Å². The van der Waals surface area contributed by atoms with Gasteiger partial charge in [-0.05, 0) is 61.8 Å². The first kappa shape index (κ1) is 19.6. The van der Waals surface area contributed by atoms with Crippen LogP contribution in [0.3, 0.4) is 0 Å². The van der Waals surface area contributed by atoms with Crippen molar-refractivity contribution in [1.82, 2.24) is 14.9 Å².